The van der Waals surface area contributed by atoms with Gasteiger partial charge in [0, 0.05) is 11.5 Å². The van der Waals surface area contributed by atoms with Crippen molar-refractivity contribution in [3.05, 3.63) is 0 Å². The Morgan fingerprint density at radius 1 is 0.750 bits per heavy atom. The van der Waals surface area contributed by atoms with Crippen LogP contribution in [0, 0.1) is 0 Å². The quantitative estimate of drug-likeness (QED) is 0.547. The highest BCUT2D eigenvalue weighted by Gasteiger charge is 1.98. The third-order valence-corrected chi connectivity index (χ3v) is 9.46. The van der Waals surface area contributed by atoms with E-state index in [0.29, 0.717) is 0 Å². The standard InChI is InChI=1S/C3H6S5/c1-2-4-6-8-7-5-3-1/h1-3H2. The highest BCUT2D eigenvalue weighted by atomic mass is 33.8. The molecular weight excluding hydrogens is 196 g/mol. The van der Waals surface area contributed by atoms with E-state index in [1.54, 1.807) is 0 Å². The molecule has 0 N–H and O–H groups in total. The number of rotatable bonds is 0. The van der Waals surface area contributed by atoms with Crippen molar-refractivity contribution in [1.29, 1.82) is 0 Å². The van der Waals surface area contributed by atoms with Crippen LogP contribution in [0.15, 0.2) is 0 Å². The normalized spacial score (nSPS) is 24.0. The van der Waals surface area contributed by atoms with Gasteiger partial charge < -0.3 is 0 Å². The maximum Gasteiger partial charge on any atom is 0.00535 e. The number of hydrogen-bond donors (Lipinski definition) is 0. The molecule has 1 aliphatic rings. The van der Waals surface area contributed by atoms with Gasteiger partial charge in [0.15, 0.2) is 0 Å². The molecule has 1 rings (SSSR count). The minimum absolute atomic E-state index is 1.32. The lowest BCUT2D eigenvalue weighted by Gasteiger charge is -2.03. The fraction of sp³-hybridized carbons (Fsp3) is 1.00. The Morgan fingerprint density at radius 2 is 1.38 bits per heavy atom. The van der Waals surface area contributed by atoms with Gasteiger partial charge in [-0.05, 0) is 35.9 Å². The van der Waals surface area contributed by atoms with E-state index in [0.717, 1.165) is 0 Å². The van der Waals surface area contributed by atoms with Crippen molar-refractivity contribution < 1.29 is 0 Å². The zero-order valence-electron chi connectivity index (χ0n) is 4.16. The Hall–Kier alpha value is 1.75. The molecule has 0 bridgehead atoms. The molecule has 0 saturated carbocycles. The second-order valence-electron chi connectivity index (χ2n) is 1.20. The van der Waals surface area contributed by atoms with Crippen LogP contribution in [0.4, 0.5) is 0 Å². The second kappa shape index (κ2) is 5.53. The first-order chi connectivity index (χ1) is 4.00. The topological polar surface area (TPSA) is 0 Å². The fourth-order valence-corrected chi connectivity index (χ4v) is 9.37. The van der Waals surface area contributed by atoms with Crippen molar-refractivity contribution in [2.75, 3.05) is 11.5 Å². The Labute approximate surface area is 68.7 Å². The summed E-state index contributed by atoms with van der Waals surface area (Å²) in [6.07, 6.45) is 1.37. The molecule has 1 heterocycles. The first-order valence-electron chi connectivity index (χ1n) is 2.24. The maximum atomic E-state index is 1.97. The van der Waals surface area contributed by atoms with Gasteiger partial charge in [0.05, 0.1) is 0 Å². The SMILES string of the molecule is C1CSSSSSC1. The average Bonchev–Trinajstić information content (AvgIpc) is 1.62. The molecule has 0 unspecified atom stereocenters. The summed E-state index contributed by atoms with van der Waals surface area (Å²) in [6, 6.07) is 0. The van der Waals surface area contributed by atoms with Gasteiger partial charge in [0.1, 0.15) is 0 Å². The number of hydrogen-bond acceptors (Lipinski definition) is 5. The molecule has 5 heteroatoms. The van der Waals surface area contributed by atoms with Crippen LogP contribution in [0.2, 0.25) is 0 Å². The summed E-state index contributed by atoms with van der Waals surface area (Å²) in [4.78, 5) is 0. The van der Waals surface area contributed by atoms with Gasteiger partial charge in [-0.25, -0.2) is 0 Å². The molecule has 48 valence electrons. The van der Waals surface area contributed by atoms with Gasteiger partial charge in [-0.3, -0.25) is 0 Å². The Balaban J connectivity index is 2.00. The lowest BCUT2D eigenvalue weighted by atomic mass is 10.6. The zero-order chi connectivity index (χ0) is 5.66. The first kappa shape index (κ1) is 7.85. The molecule has 0 atom stereocenters. The van der Waals surface area contributed by atoms with Crippen LogP contribution in [0.1, 0.15) is 6.42 Å². The van der Waals surface area contributed by atoms with Crippen LogP contribution in [0.5, 0.6) is 0 Å². The third kappa shape index (κ3) is 3.71. The van der Waals surface area contributed by atoms with Crippen LogP contribution < -0.4 is 0 Å². The van der Waals surface area contributed by atoms with Crippen molar-refractivity contribution in [2.45, 2.75) is 6.42 Å². The second-order valence-corrected chi connectivity index (χ2v) is 9.21. The van der Waals surface area contributed by atoms with Crippen LogP contribution in [0.25, 0.3) is 0 Å². The van der Waals surface area contributed by atoms with Crippen LogP contribution >= 0.6 is 51.1 Å². The van der Waals surface area contributed by atoms with E-state index in [4.69, 9.17) is 0 Å². The van der Waals surface area contributed by atoms with E-state index in [-0.39, 0.29) is 0 Å². The highest BCUT2D eigenvalue weighted by Crippen LogP contribution is 2.50. The van der Waals surface area contributed by atoms with Crippen molar-refractivity contribution >= 4 is 51.1 Å². The molecule has 0 aromatic rings. The molecule has 1 aliphatic heterocycles. The van der Waals surface area contributed by atoms with Gasteiger partial charge in [0.2, 0.25) is 0 Å². The van der Waals surface area contributed by atoms with Gasteiger partial charge in [-0.15, -0.1) is 0 Å². The summed E-state index contributed by atoms with van der Waals surface area (Å²) >= 11 is 0. The van der Waals surface area contributed by atoms with E-state index in [9.17, 15) is 0 Å². The molecule has 0 spiro atoms. The van der Waals surface area contributed by atoms with E-state index in [2.05, 4.69) is 0 Å². The summed E-state index contributed by atoms with van der Waals surface area (Å²) in [6.45, 7) is 0. The third-order valence-electron chi connectivity index (χ3n) is 0.607. The molecule has 0 aromatic heterocycles. The molecule has 0 radical (unpaired) electrons. The predicted molar refractivity (Wildman–Crippen MR) is 52.3 cm³/mol. The minimum atomic E-state index is 1.32. The molecule has 1 fully saturated rings. The largest absolute Gasteiger partial charge is 0.0817 e. The molecule has 8 heavy (non-hydrogen) atoms. The van der Waals surface area contributed by atoms with E-state index < -0.39 is 0 Å². The van der Waals surface area contributed by atoms with Crippen molar-refractivity contribution in [3.8, 4) is 0 Å². The smallest absolute Gasteiger partial charge is 0.00535 e. The summed E-state index contributed by atoms with van der Waals surface area (Å²) in [5.41, 5.74) is 0. The summed E-state index contributed by atoms with van der Waals surface area (Å²) in [5, 5.41) is 0. The lowest BCUT2D eigenvalue weighted by Crippen LogP contribution is -1.79. The zero-order valence-corrected chi connectivity index (χ0v) is 8.25. The van der Waals surface area contributed by atoms with Crippen molar-refractivity contribution in [3.63, 3.8) is 0 Å². The van der Waals surface area contributed by atoms with Crippen LogP contribution in [-0.4, -0.2) is 11.5 Å². The molecule has 0 amide bonds. The Morgan fingerprint density at radius 3 is 2.00 bits per heavy atom. The predicted octanol–water partition coefficient (Wildman–Crippen LogP) is 3.72. The lowest BCUT2D eigenvalue weighted by molar-refractivity contribution is 1.13. The van der Waals surface area contributed by atoms with E-state index in [1.807, 2.05) is 51.1 Å². The summed E-state index contributed by atoms with van der Waals surface area (Å²) in [5.74, 6) is 2.65. The van der Waals surface area contributed by atoms with Gasteiger partial charge in [-0.2, -0.15) is 0 Å². The van der Waals surface area contributed by atoms with E-state index >= 15 is 0 Å². The van der Waals surface area contributed by atoms with E-state index in [1.165, 1.54) is 17.9 Å². The minimum Gasteiger partial charge on any atom is -0.0817 e. The molecular formula is C3H6S5. The molecule has 0 nitrogen and oxygen atoms in total. The molecule has 0 aliphatic carbocycles. The Bertz CT molecular complexity index is 31.6. The van der Waals surface area contributed by atoms with Gasteiger partial charge in [0.25, 0.3) is 0 Å². The summed E-state index contributed by atoms with van der Waals surface area (Å²) < 4.78 is 0. The van der Waals surface area contributed by atoms with Gasteiger partial charge >= 0.3 is 0 Å². The van der Waals surface area contributed by atoms with Gasteiger partial charge in [-0.1, -0.05) is 21.6 Å². The van der Waals surface area contributed by atoms with Crippen molar-refractivity contribution in [2.24, 2.45) is 0 Å². The highest BCUT2D eigenvalue weighted by molar-refractivity contribution is 9.35. The van der Waals surface area contributed by atoms with Crippen LogP contribution in [0.3, 0.4) is 0 Å². The fourth-order valence-electron chi connectivity index (χ4n) is 0.295. The Kier molecular flexibility index (Phi) is 5.43. The maximum absolute atomic E-state index is 1.97. The monoisotopic (exact) mass is 202 g/mol. The molecule has 0 aromatic carbocycles. The summed E-state index contributed by atoms with van der Waals surface area (Å²) in [7, 11) is 9.65. The van der Waals surface area contributed by atoms with Crippen molar-refractivity contribution in [1.82, 2.24) is 0 Å². The first-order valence-corrected chi connectivity index (χ1v) is 8.73. The average molecular weight is 202 g/mol. The molecule has 1 saturated heterocycles. The van der Waals surface area contributed by atoms with Crippen LogP contribution in [-0.2, 0) is 0 Å².